The second-order valence-electron chi connectivity index (χ2n) is 9.27. The van der Waals surface area contributed by atoms with Gasteiger partial charge in [-0.1, -0.05) is 84.4 Å². The van der Waals surface area contributed by atoms with Gasteiger partial charge in [-0.2, -0.15) is 0 Å². The lowest BCUT2D eigenvalue weighted by molar-refractivity contribution is 0.102. The number of sulfone groups is 1. The monoisotopic (exact) mass is 566 g/mol. The van der Waals surface area contributed by atoms with E-state index < -0.39 is 21.8 Å². The van der Waals surface area contributed by atoms with Gasteiger partial charge in [0.15, 0.2) is 5.65 Å². The van der Waals surface area contributed by atoms with Crippen LogP contribution in [0, 0.1) is 0 Å². The maximum absolute atomic E-state index is 14.3. The molecular weight excluding hydrogens is 544 g/mol. The molecule has 1 atom stereocenters. The molecule has 2 aromatic heterocycles. The second-order valence-corrected chi connectivity index (χ2v) is 11.6. The number of fused-ring (bicyclic) bond motifs is 2. The van der Waals surface area contributed by atoms with Crippen LogP contribution in [0.5, 0.6) is 0 Å². The number of hydrogen-bond acceptors (Lipinski definition) is 5. The summed E-state index contributed by atoms with van der Waals surface area (Å²) in [6.45, 7) is 1.93. The summed E-state index contributed by atoms with van der Waals surface area (Å²) >= 11 is 6.35. The molecule has 0 aliphatic carbocycles. The average Bonchev–Trinajstić information content (AvgIpc) is 3.29. The van der Waals surface area contributed by atoms with Crippen molar-refractivity contribution in [3.05, 3.63) is 125 Å². The Balaban J connectivity index is 1.71. The lowest BCUT2D eigenvalue weighted by atomic mass is 10.1. The van der Waals surface area contributed by atoms with Crippen LogP contribution in [0.3, 0.4) is 0 Å². The molecule has 2 heterocycles. The number of anilines is 1. The summed E-state index contributed by atoms with van der Waals surface area (Å²) in [5.41, 5.74) is 2.74. The van der Waals surface area contributed by atoms with E-state index in [1.165, 1.54) is 12.1 Å². The van der Waals surface area contributed by atoms with Crippen LogP contribution in [-0.2, 0) is 9.84 Å². The number of hydrogen-bond donors (Lipinski definition) is 1. The van der Waals surface area contributed by atoms with Crippen LogP contribution in [-0.4, -0.2) is 28.9 Å². The zero-order valence-electron chi connectivity index (χ0n) is 21.3. The third-order valence-corrected chi connectivity index (χ3v) is 8.94. The maximum Gasteiger partial charge on any atom is 0.258 e. The van der Waals surface area contributed by atoms with Crippen molar-refractivity contribution >= 4 is 55.4 Å². The number of aromatic nitrogens is 3. The molecule has 9 heteroatoms. The van der Waals surface area contributed by atoms with E-state index in [0.29, 0.717) is 16.7 Å². The highest BCUT2D eigenvalue weighted by Gasteiger charge is 2.34. The van der Waals surface area contributed by atoms with Crippen molar-refractivity contribution in [3.63, 3.8) is 0 Å². The molecule has 0 saturated heterocycles. The molecular formula is C31H23ClN4O3S. The van der Waals surface area contributed by atoms with Gasteiger partial charge in [0.25, 0.3) is 5.91 Å². The number of amides is 1. The Kier molecular flexibility index (Phi) is 6.57. The van der Waals surface area contributed by atoms with E-state index in [2.05, 4.69) is 5.32 Å². The SMILES string of the molecule is CC(c1ccccc1)n1c(NC(=O)c2ccccc2Cl)c(S(=O)(=O)c2ccccc2)c2nc3ccccc3nc21. The van der Waals surface area contributed by atoms with E-state index in [1.807, 2.05) is 55.5 Å². The first-order valence-corrected chi connectivity index (χ1v) is 14.4. The third-order valence-electron chi connectivity index (χ3n) is 6.79. The molecule has 0 radical (unpaired) electrons. The highest BCUT2D eigenvalue weighted by molar-refractivity contribution is 7.92. The largest absolute Gasteiger partial charge is 0.307 e. The second kappa shape index (κ2) is 10.2. The normalized spacial score (nSPS) is 12.4. The first-order valence-electron chi connectivity index (χ1n) is 12.6. The van der Waals surface area contributed by atoms with E-state index >= 15 is 0 Å². The molecule has 0 spiro atoms. The lowest BCUT2D eigenvalue weighted by Crippen LogP contribution is -2.20. The zero-order valence-corrected chi connectivity index (χ0v) is 22.9. The molecule has 0 bridgehead atoms. The minimum absolute atomic E-state index is 0.0652. The van der Waals surface area contributed by atoms with E-state index in [1.54, 1.807) is 53.1 Å². The number of carbonyl (C=O) groups is 1. The Hall–Kier alpha value is -4.53. The number of para-hydroxylation sites is 2. The molecule has 7 nitrogen and oxygen atoms in total. The van der Waals surface area contributed by atoms with Crippen LogP contribution in [0.1, 0.15) is 28.9 Å². The van der Waals surface area contributed by atoms with E-state index in [0.717, 1.165) is 5.56 Å². The van der Waals surface area contributed by atoms with Gasteiger partial charge in [0.1, 0.15) is 16.2 Å². The predicted molar refractivity (Wildman–Crippen MR) is 157 cm³/mol. The Bertz CT molecular complexity index is 1990. The van der Waals surface area contributed by atoms with Gasteiger partial charge >= 0.3 is 0 Å². The van der Waals surface area contributed by atoms with Gasteiger partial charge in [-0.3, -0.25) is 4.79 Å². The Morgan fingerprint density at radius 3 is 2.05 bits per heavy atom. The number of halogens is 1. The molecule has 4 aromatic carbocycles. The van der Waals surface area contributed by atoms with Crippen molar-refractivity contribution < 1.29 is 13.2 Å². The summed E-state index contributed by atoms with van der Waals surface area (Å²) in [5, 5.41) is 3.13. The van der Waals surface area contributed by atoms with Gasteiger partial charge in [0.05, 0.1) is 32.6 Å². The van der Waals surface area contributed by atoms with Gasteiger partial charge in [-0.15, -0.1) is 0 Å². The molecule has 40 heavy (non-hydrogen) atoms. The summed E-state index contributed by atoms with van der Waals surface area (Å²) < 4.78 is 30.3. The van der Waals surface area contributed by atoms with Gasteiger partial charge < -0.3 is 9.88 Å². The quantitative estimate of drug-likeness (QED) is 0.236. The van der Waals surface area contributed by atoms with Gasteiger partial charge in [-0.25, -0.2) is 18.4 Å². The molecule has 1 amide bonds. The van der Waals surface area contributed by atoms with Crippen molar-refractivity contribution in [1.29, 1.82) is 0 Å². The first-order chi connectivity index (χ1) is 19.4. The minimum Gasteiger partial charge on any atom is -0.307 e. The number of rotatable bonds is 6. The Morgan fingerprint density at radius 1 is 0.800 bits per heavy atom. The highest BCUT2D eigenvalue weighted by Crippen LogP contribution is 2.40. The number of nitrogens with zero attached hydrogens (tertiary/aromatic N) is 3. The number of benzene rings is 4. The Morgan fingerprint density at radius 2 is 1.38 bits per heavy atom. The highest BCUT2D eigenvalue weighted by atomic mass is 35.5. The van der Waals surface area contributed by atoms with Crippen molar-refractivity contribution in [2.45, 2.75) is 22.8 Å². The molecule has 6 aromatic rings. The fraction of sp³-hybridized carbons (Fsp3) is 0.0645. The Labute approximate surface area is 236 Å². The fourth-order valence-electron chi connectivity index (χ4n) is 4.81. The average molecular weight is 567 g/mol. The fourth-order valence-corrected chi connectivity index (χ4v) is 6.57. The van der Waals surface area contributed by atoms with Crippen LogP contribution >= 0.6 is 11.6 Å². The van der Waals surface area contributed by atoms with Crippen molar-refractivity contribution in [1.82, 2.24) is 14.5 Å². The molecule has 198 valence electrons. The van der Waals surface area contributed by atoms with E-state index in [-0.39, 0.29) is 31.7 Å². The van der Waals surface area contributed by atoms with Crippen molar-refractivity contribution in [3.8, 4) is 0 Å². The van der Waals surface area contributed by atoms with Crippen molar-refractivity contribution in [2.24, 2.45) is 0 Å². The number of nitrogens with one attached hydrogen (secondary N) is 1. The van der Waals surface area contributed by atoms with Crippen LogP contribution in [0.2, 0.25) is 5.02 Å². The summed E-state index contributed by atoms with van der Waals surface area (Å²) in [4.78, 5) is 23.2. The third kappa shape index (κ3) is 4.41. The molecule has 6 rings (SSSR count). The van der Waals surface area contributed by atoms with Crippen LogP contribution in [0.25, 0.3) is 22.2 Å². The van der Waals surface area contributed by atoms with Crippen molar-refractivity contribution in [2.75, 3.05) is 5.32 Å². The lowest BCUT2D eigenvalue weighted by Gasteiger charge is -2.20. The summed E-state index contributed by atoms with van der Waals surface area (Å²) in [5.74, 6) is -0.487. The molecule has 0 saturated carbocycles. The number of carbonyl (C=O) groups excluding carboxylic acids is 1. The van der Waals surface area contributed by atoms with Gasteiger partial charge in [-0.05, 0) is 48.9 Å². The molecule has 0 aliphatic heterocycles. The predicted octanol–water partition coefficient (Wildman–Crippen LogP) is 6.93. The summed E-state index contributed by atoms with van der Waals surface area (Å²) in [6.07, 6.45) is 0. The van der Waals surface area contributed by atoms with Crippen LogP contribution in [0.15, 0.2) is 119 Å². The summed E-state index contributed by atoms with van der Waals surface area (Å²) in [6, 6.07) is 31.1. The standard InChI is InChI=1S/C31H23ClN4O3S/c1-20(21-12-4-2-5-13-21)36-29-27(33-25-18-10-11-19-26(25)34-29)28(40(38,39)22-14-6-3-7-15-22)30(36)35-31(37)23-16-8-9-17-24(23)32/h2-20H,1H3,(H,35,37). The van der Waals surface area contributed by atoms with E-state index in [4.69, 9.17) is 21.6 Å². The minimum atomic E-state index is -4.17. The smallest absolute Gasteiger partial charge is 0.258 e. The topological polar surface area (TPSA) is 94.0 Å². The molecule has 1 N–H and O–H groups in total. The zero-order chi connectivity index (χ0) is 27.9. The maximum atomic E-state index is 14.3. The van der Waals surface area contributed by atoms with Crippen LogP contribution < -0.4 is 5.32 Å². The molecule has 0 aliphatic rings. The molecule has 0 fully saturated rings. The molecule has 1 unspecified atom stereocenters. The van der Waals surface area contributed by atoms with Crippen LogP contribution in [0.4, 0.5) is 5.82 Å². The summed E-state index contributed by atoms with van der Waals surface area (Å²) in [7, 11) is -4.17. The van der Waals surface area contributed by atoms with Gasteiger partial charge in [0.2, 0.25) is 9.84 Å². The first kappa shape index (κ1) is 25.7. The van der Waals surface area contributed by atoms with Gasteiger partial charge in [0, 0.05) is 0 Å². The van der Waals surface area contributed by atoms with E-state index in [9.17, 15) is 13.2 Å².